The molecule has 0 fully saturated rings. The van der Waals surface area contributed by atoms with E-state index in [-0.39, 0.29) is 17.0 Å². The number of hydrogen-bond donors (Lipinski definition) is 0. The molecule has 0 aliphatic heterocycles. The van der Waals surface area contributed by atoms with Gasteiger partial charge in [-0.2, -0.15) is 0 Å². The highest BCUT2D eigenvalue weighted by Crippen LogP contribution is 2.38. The highest BCUT2D eigenvalue weighted by Gasteiger charge is 2.12. The van der Waals surface area contributed by atoms with Crippen molar-refractivity contribution < 1.29 is 28.2 Å². The summed E-state index contributed by atoms with van der Waals surface area (Å²) < 4.78 is 26.2. The van der Waals surface area contributed by atoms with Gasteiger partial charge in [0.25, 0.3) is 0 Å². The molecule has 0 bridgehead atoms. The van der Waals surface area contributed by atoms with Crippen LogP contribution in [0.5, 0.6) is 23.0 Å². The molecule has 0 saturated heterocycles. The van der Waals surface area contributed by atoms with Gasteiger partial charge in [0.2, 0.25) is 11.6 Å². The van der Waals surface area contributed by atoms with E-state index < -0.39 is 11.6 Å². The zero-order valence-electron chi connectivity index (χ0n) is 16.3. The average molecular weight is 397 g/mol. The largest absolute Gasteiger partial charge is 0.493 e. The summed E-state index contributed by atoms with van der Waals surface area (Å²) in [4.78, 5) is 27.7. The van der Waals surface area contributed by atoms with E-state index in [1.54, 1.807) is 36.4 Å². The van der Waals surface area contributed by atoms with E-state index in [1.807, 2.05) is 0 Å². The van der Waals surface area contributed by atoms with E-state index in [0.29, 0.717) is 22.8 Å². The molecule has 29 heavy (non-hydrogen) atoms. The molecule has 0 saturated carbocycles. The van der Waals surface area contributed by atoms with E-state index in [1.165, 1.54) is 34.3 Å². The van der Waals surface area contributed by atoms with Crippen LogP contribution in [0.25, 0.3) is 23.1 Å². The number of aromatic nitrogens is 1. The maximum absolute atomic E-state index is 12.3. The first-order chi connectivity index (χ1) is 13.9. The monoisotopic (exact) mass is 397 g/mol. The Labute approximate surface area is 166 Å². The number of fused-ring (bicyclic) bond motifs is 1. The minimum atomic E-state index is -0.589. The molecule has 3 aromatic rings. The van der Waals surface area contributed by atoms with Crippen molar-refractivity contribution >= 4 is 29.0 Å². The second kappa shape index (κ2) is 8.47. The van der Waals surface area contributed by atoms with E-state index in [0.717, 1.165) is 5.56 Å². The molecule has 8 nitrogen and oxygen atoms in total. The zero-order chi connectivity index (χ0) is 21.0. The number of carbonyl (C=O) groups excluding carboxylic acids is 1. The van der Waals surface area contributed by atoms with Crippen LogP contribution in [-0.2, 0) is 4.79 Å². The molecule has 0 unspecified atom stereocenters. The van der Waals surface area contributed by atoms with E-state index in [2.05, 4.69) is 4.98 Å². The second-order valence-corrected chi connectivity index (χ2v) is 5.90. The Morgan fingerprint density at radius 3 is 2.28 bits per heavy atom. The molecular formula is C21H19NO7. The van der Waals surface area contributed by atoms with E-state index in [9.17, 15) is 9.59 Å². The molecule has 150 valence electrons. The molecule has 0 N–H and O–H groups in total. The number of benzene rings is 2. The highest BCUT2D eigenvalue weighted by atomic mass is 16.5. The minimum Gasteiger partial charge on any atom is -0.493 e. The number of esters is 1. The molecule has 0 amide bonds. The van der Waals surface area contributed by atoms with Gasteiger partial charge in [-0.15, -0.1) is 0 Å². The van der Waals surface area contributed by atoms with Gasteiger partial charge >= 0.3 is 11.6 Å². The number of methoxy groups -OCH3 is 3. The van der Waals surface area contributed by atoms with Crippen molar-refractivity contribution in [1.29, 1.82) is 0 Å². The third kappa shape index (κ3) is 4.37. The maximum Gasteiger partial charge on any atom is 0.347 e. The summed E-state index contributed by atoms with van der Waals surface area (Å²) in [5.74, 6) is 1.36. The number of nitrogens with zero attached hydrogens (tertiary/aromatic N) is 1. The van der Waals surface area contributed by atoms with Crippen LogP contribution in [0.2, 0.25) is 0 Å². The SMILES string of the molecule is COc1cc(/C=C/c2nc3ccc(OC(C)=O)cc3c(=O)o2)cc(OC)c1OC. The lowest BCUT2D eigenvalue weighted by atomic mass is 10.1. The van der Waals surface area contributed by atoms with Crippen LogP contribution in [0.15, 0.2) is 39.5 Å². The molecule has 0 aliphatic carbocycles. The van der Waals surface area contributed by atoms with Crippen LogP contribution in [0.4, 0.5) is 0 Å². The number of carbonyl (C=O) groups is 1. The van der Waals surface area contributed by atoms with Gasteiger partial charge in [0.1, 0.15) is 5.75 Å². The van der Waals surface area contributed by atoms with Crippen LogP contribution >= 0.6 is 0 Å². The summed E-state index contributed by atoms with van der Waals surface area (Å²) in [6, 6.07) is 8.07. The summed E-state index contributed by atoms with van der Waals surface area (Å²) in [5.41, 5.74) is 0.560. The smallest absolute Gasteiger partial charge is 0.347 e. The van der Waals surface area contributed by atoms with Crippen LogP contribution in [0.3, 0.4) is 0 Å². The fraction of sp³-hybridized carbons (Fsp3) is 0.190. The second-order valence-electron chi connectivity index (χ2n) is 5.90. The van der Waals surface area contributed by atoms with Gasteiger partial charge in [-0.1, -0.05) is 0 Å². The van der Waals surface area contributed by atoms with Gasteiger partial charge in [-0.25, -0.2) is 9.78 Å². The van der Waals surface area contributed by atoms with Crippen molar-refractivity contribution in [1.82, 2.24) is 4.98 Å². The molecule has 0 radical (unpaired) electrons. The fourth-order valence-corrected chi connectivity index (χ4v) is 2.73. The summed E-state index contributed by atoms with van der Waals surface area (Å²) in [7, 11) is 4.58. The molecule has 8 heteroatoms. The molecule has 0 atom stereocenters. The molecule has 3 rings (SSSR count). The summed E-state index contributed by atoms with van der Waals surface area (Å²) in [5, 5.41) is 0.216. The lowest BCUT2D eigenvalue weighted by molar-refractivity contribution is -0.131. The van der Waals surface area contributed by atoms with Gasteiger partial charge in [0, 0.05) is 13.0 Å². The van der Waals surface area contributed by atoms with Crippen LogP contribution in [-0.4, -0.2) is 32.3 Å². The summed E-state index contributed by atoms with van der Waals surface area (Å²) in [6.45, 7) is 1.28. The molecule has 1 heterocycles. The standard InChI is InChI=1S/C21H19NO7/c1-12(23)28-14-6-7-16-15(11-14)21(24)29-19(22-16)8-5-13-9-17(25-2)20(27-4)18(10-13)26-3/h5-11H,1-4H3/b8-5+. The van der Waals surface area contributed by atoms with Crippen LogP contribution < -0.4 is 24.6 Å². The molecule has 2 aromatic carbocycles. The lowest BCUT2D eigenvalue weighted by Gasteiger charge is -2.12. The zero-order valence-corrected chi connectivity index (χ0v) is 16.3. The van der Waals surface area contributed by atoms with E-state index in [4.69, 9.17) is 23.4 Å². The molecule has 0 aliphatic rings. The minimum absolute atomic E-state index is 0.122. The van der Waals surface area contributed by atoms with Crippen molar-refractivity contribution in [2.75, 3.05) is 21.3 Å². The summed E-state index contributed by atoms with van der Waals surface area (Å²) >= 11 is 0. The maximum atomic E-state index is 12.3. The van der Waals surface area contributed by atoms with Crippen LogP contribution in [0, 0.1) is 0 Å². The Hall–Kier alpha value is -3.81. The highest BCUT2D eigenvalue weighted by molar-refractivity contribution is 5.81. The Morgan fingerprint density at radius 1 is 1.00 bits per heavy atom. The molecule has 1 aromatic heterocycles. The quantitative estimate of drug-likeness (QED) is 0.462. The van der Waals surface area contributed by atoms with E-state index >= 15 is 0 Å². The molecule has 0 spiro atoms. The lowest BCUT2D eigenvalue weighted by Crippen LogP contribution is -2.05. The average Bonchev–Trinajstić information content (AvgIpc) is 2.71. The number of rotatable bonds is 6. The Bertz CT molecular complexity index is 1120. The number of ether oxygens (including phenoxy) is 4. The van der Waals surface area contributed by atoms with Crippen molar-refractivity contribution in [3.05, 3.63) is 52.2 Å². The van der Waals surface area contributed by atoms with Crippen molar-refractivity contribution in [2.45, 2.75) is 6.92 Å². The first-order valence-electron chi connectivity index (χ1n) is 8.56. The van der Waals surface area contributed by atoms with Crippen molar-refractivity contribution in [3.63, 3.8) is 0 Å². The Kier molecular flexibility index (Phi) is 5.82. The first kappa shape index (κ1) is 19.9. The van der Waals surface area contributed by atoms with Gasteiger partial charge in [0.05, 0.1) is 32.2 Å². The van der Waals surface area contributed by atoms with Crippen molar-refractivity contribution in [3.8, 4) is 23.0 Å². The van der Waals surface area contributed by atoms with Gasteiger partial charge < -0.3 is 23.4 Å². The topological polar surface area (TPSA) is 97.1 Å². The Balaban J connectivity index is 1.97. The number of hydrogen-bond acceptors (Lipinski definition) is 8. The molecular weight excluding hydrogens is 378 g/mol. The normalized spacial score (nSPS) is 10.9. The fourth-order valence-electron chi connectivity index (χ4n) is 2.73. The first-order valence-corrected chi connectivity index (χ1v) is 8.56. The third-order valence-electron chi connectivity index (χ3n) is 3.98. The van der Waals surface area contributed by atoms with Gasteiger partial charge in [0.15, 0.2) is 11.5 Å². The summed E-state index contributed by atoms with van der Waals surface area (Å²) in [6.07, 6.45) is 3.26. The Morgan fingerprint density at radius 2 is 1.69 bits per heavy atom. The van der Waals surface area contributed by atoms with Gasteiger partial charge in [-0.05, 0) is 42.0 Å². The van der Waals surface area contributed by atoms with Gasteiger partial charge in [-0.3, -0.25) is 4.79 Å². The predicted octanol–water partition coefficient (Wildman–Crippen LogP) is 3.31. The van der Waals surface area contributed by atoms with Crippen molar-refractivity contribution in [2.24, 2.45) is 0 Å². The van der Waals surface area contributed by atoms with Crippen LogP contribution in [0.1, 0.15) is 18.4 Å². The third-order valence-corrected chi connectivity index (χ3v) is 3.98. The predicted molar refractivity (Wildman–Crippen MR) is 107 cm³/mol.